The number of nitrogens with zero attached hydrogens (tertiary/aromatic N) is 1. The Balaban J connectivity index is 2.19. The summed E-state index contributed by atoms with van der Waals surface area (Å²) in [5, 5.41) is 2.88. The maximum atomic E-state index is 12.9. The Morgan fingerprint density at radius 3 is 2.67 bits per heavy atom. The van der Waals surface area contributed by atoms with Gasteiger partial charge in [-0.1, -0.05) is 26.0 Å². The van der Waals surface area contributed by atoms with Crippen LogP contribution in [0.5, 0.6) is 0 Å². The number of hydrogen-bond donors (Lipinski definition) is 1. The minimum Gasteiger partial charge on any atom is -0.377 e. The van der Waals surface area contributed by atoms with Gasteiger partial charge in [-0.3, -0.25) is 0 Å². The van der Waals surface area contributed by atoms with Crippen LogP contribution in [-0.4, -0.2) is 36.7 Å². The van der Waals surface area contributed by atoms with Crippen molar-refractivity contribution in [3.8, 4) is 0 Å². The van der Waals surface area contributed by atoms with Gasteiger partial charge < -0.3 is 15.0 Å². The fraction of sp³-hybridized carbons (Fsp3) is 0.588. The Bertz CT molecular complexity index is 575. The van der Waals surface area contributed by atoms with Gasteiger partial charge in [0.1, 0.15) is 0 Å². The van der Waals surface area contributed by atoms with Crippen molar-refractivity contribution in [1.29, 1.82) is 0 Å². The van der Waals surface area contributed by atoms with Gasteiger partial charge in [-0.05, 0) is 30.5 Å². The summed E-state index contributed by atoms with van der Waals surface area (Å²) in [5.74, 6) is -0.0474. The van der Waals surface area contributed by atoms with Crippen molar-refractivity contribution in [2.45, 2.75) is 39.0 Å². The van der Waals surface area contributed by atoms with Crippen LogP contribution < -0.4 is 5.32 Å². The molecule has 4 nitrogen and oxygen atoms in total. The maximum Gasteiger partial charge on any atom is 0.416 e. The van der Waals surface area contributed by atoms with Gasteiger partial charge >= 0.3 is 12.2 Å². The van der Waals surface area contributed by atoms with E-state index in [9.17, 15) is 18.0 Å². The molecule has 0 spiro atoms. The number of morpholine rings is 1. The average molecular weight is 344 g/mol. The average Bonchev–Trinajstić information content (AvgIpc) is 2.52. The van der Waals surface area contributed by atoms with Crippen LogP contribution in [0, 0.1) is 5.92 Å². The lowest BCUT2D eigenvalue weighted by Gasteiger charge is -2.35. The molecule has 24 heavy (non-hydrogen) atoms. The summed E-state index contributed by atoms with van der Waals surface area (Å²) in [7, 11) is 0. The van der Waals surface area contributed by atoms with Gasteiger partial charge in [-0.15, -0.1) is 0 Å². The largest absolute Gasteiger partial charge is 0.416 e. The number of ether oxygens (including phenoxy) is 1. The van der Waals surface area contributed by atoms with Crippen molar-refractivity contribution in [3.05, 3.63) is 35.4 Å². The van der Waals surface area contributed by atoms with Crippen LogP contribution in [-0.2, 0) is 10.9 Å². The third-order valence-corrected chi connectivity index (χ3v) is 4.15. The Morgan fingerprint density at radius 2 is 2.08 bits per heavy atom. The molecule has 1 fully saturated rings. The molecule has 0 radical (unpaired) electrons. The number of urea groups is 1. The predicted molar refractivity (Wildman–Crippen MR) is 84.5 cm³/mol. The van der Waals surface area contributed by atoms with Gasteiger partial charge in [0.2, 0.25) is 0 Å². The standard InChI is InChI=1S/C17H23F3N2O2/c1-11(2)15(13-5-4-6-14(9-13)17(18,19)20)21-16(23)22-7-8-24-10-12(22)3/h4-6,9,11-12,15H,7-8,10H2,1-3H3,(H,21,23). The molecule has 134 valence electrons. The third kappa shape index (κ3) is 4.41. The number of nitrogens with one attached hydrogen (secondary N) is 1. The highest BCUT2D eigenvalue weighted by Crippen LogP contribution is 2.32. The van der Waals surface area contributed by atoms with Crippen LogP contribution in [0.2, 0.25) is 0 Å². The highest BCUT2D eigenvalue weighted by Gasteiger charge is 2.32. The molecule has 1 aliphatic rings. The topological polar surface area (TPSA) is 41.6 Å². The van der Waals surface area contributed by atoms with E-state index >= 15 is 0 Å². The molecule has 7 heteroatoms. The summed E-state index contributed by atoms with van der Waals surface area (Å²) in [6.07, 6.45) is -4.40. The number of amides is 2. The lowest BCUT2D eigenvalue weighted by molar-refractivity contribution is -0.137. The van der Waals surface area contributed by atoms with Crippen molar-refractivity contribution in [3.63, 3.8) is 0 Å². The summed E-state index contributed by atoms with van der Waals surface area (Å²) >= 11 is 0. The number of carbonyl (C=O) groups is 1. The summed E-state index contributed by atoms with van der Waals surface area (Å²) in [4.78, 5) is 14.2. The molecule has 2 amide bonds. The van der Waals surface area contributed by atoms with Gasteiger partial charge in [-0.2, -0.15) is 13.2 Å². The zero-order valence-corrected chi connectivity index (χ0v) is 14.1. The Morgan fingerprint density at radius 1 is 1.38 bits per heavy atom. The zero-order chi connectivity index (χ0) is 17.9. The second-order valence-electron chi connectivity index (χ2n) is 6.41. The molecule has 1 saturated heterocycles. The maximum absolute atomic E-state index is 12.9. The van der Waals surface area contributed by atoms with Gasteiger partial charge in [0.05, 0.1) is 30.9 Å². The molecule has 2 atom stereocenters. The van der Waals surface area contributed by atoms with Gasteiger partial charge in [0.15, 0.2) is 0 Å². The highest BCUT2D eigenvalue weighted by atomic mass is 19.4. The highest BCUT2D eigenvalue weighted by molar-refractivity contribution is 5.75. The SMILES string of the molecule is CC(C)C(NC(=O)N1CCOCC1C)c1cccc(C(F)(F)F)c1. The first-order chi connectivity index (χ1) is 11.2. The van der Waals surface area contributed by atoms with Crippen molar-refractivity contribution in [2.24, 2.45) is 5.92 Å². The van der Waals surface area contributed by atoms with E-state index in [0.717, 1.165) is 12.1 Å². The van der Waals surface area contributed by atoms with Crippen molar-refractivity contribution < 1.29 is 22.7 Å². The lowest BCUT2D eigenvalue weighted by atomic mass is 9.94. The van der Waals surface area contributed by atoms with Crippen molar-refractivity contribution in [1.82, 2.24) is 10.2 Å². The van der Waals surface area contributed by atoms with E-state index in [-0.39, 0.29) is 18.0 Å². The van der Waals surface area contributed by atoms with E-state index in [4.69, 9.17) is 4.74 Å². The molecule has 0 aromatic heterocycles. The Hall–Kier alpha value is -1.76. The monoisotopic (exact) mass is 344 g/mol. The molecule has 1 aromatic rings. The number of benzene rings is 1. The summed E-state index contributed by atoms with van der Waals surface area (Å²) < 4.78 is 44.1. The molecule has 2 unspecified atom stereocenters. The molecular formula is C17H23F3N2O2. The lowest BCUT2D eigenvalue weighted by Crippen LogP contribution is -2.52. The molecule has 1 aromatic carbocycles. The fourth-order valence-electron chi connectivity index (χ4n) is 2.79. The van der Waals surface area contributed by atoms with Crippen LogP contribution in [0.3, 0.4) is 0 Å². The summed E-state index contributed by atoms with van der Waals surface area (Å²) in [5.41, 5.74) is -0.256. The van der Waals surface area contributed by atoms with E-state index in [2.05, 4.69) is 5.32 Å². The number of rotatable bonds is 3. The molecule has 0 bridgehead atoms. The van der Waals surface area contributed by atoms with Gasteiger partial charge in [0, 0.05) is 6.54 Å². The second kappa shape index (κ2) is 7.42. The number of alkyl halides is 3. The smallest absolute Gasteiger partial charge is 0.377 e. The zero-order valence-electron chi connectivity index (χ0n) is 14.1. The van der Waals surface area contributed by atoms with E-state index < -0.39 is 17.8 Å². The van der Waals surface area contributed by atoms with E-state index in [1.165, 1.54) is 6.07 Å². The molecule has 0 aliphatic carbocycles. The molecule has 0 saturated carbocycles. The first-order valence-electron chi connectivity index (χ1n) is 8.02. The number of carbonyl (C=O) groups excluding carboxylic acids is 1. The first kappa shape index (κ1) is 18.6. The van der Waals surface area contributed by atoms with Crippen LogP contribution in [0.4, 0.5) is 18.0 Å². The van der Waals surface area contributed by atoms with Gasteiger partial charge in [-0.25, -0.2) is 4.79 Å². The van der Waals surface area contributed by atoms with Crippen molar-refractivity contribution >= 4 is 6.03 Å². The number of halogens is 3. The Kier molecular flexibility index (Phi) is 5.74. The summed E-state index contributed by atoms with van der Waals surface area (Å²) in [6, 6.07) is 4.30. The summed E-state index contributed by atoms with van der Waals surface area (Å²) in [6.45, 7) is 7.02. The molecular weight excluding hydrogens is 321 g/mol. The minimum atomic E-state index is -4.40. The van der Waals surface area contributed by atoms with E-state index in [1.807, 2.05) is 20.8 Å². The van der Waals surface area contributed by atoms with Crippen LogP contribution in [0.25, 0.3) is 0 Å². The predicted octanol–water partition coefficient (Wildman–Crippen LogP) is 3.83. The van der Waals surface area contributed by atoms with Crippen LogP contribution in [0.15, 0.2) is 24.3 Å². The van der Waals surface area contributed by atoms with E-state index in [1.54, 1.807) is 11.0 Å². The minimum absolute atomic E-state index is 0.0474. The Labute approximate surface area is 140 Å². The molecule has 1 aliphatic heterocycles. The first-order valence-corrected chi connectivity index (χ1v) is 8.02. The van der Waals surface area contributed by atoms with Crippen molar-refractivity contribution in [2.75, 3.05) is 19.8 Å². The third-order valence-electron chi connectivity index (χ3n) is 4.15. The van der Waals surface area contributed by atoms with E-state index in [0.29, 0.717) is 25.3 Å². The van der Waals surface area contributed by atoms with Crippen LogP contribution >= 0.6 is 0 Å². The molecule has 1 heterocycles. The van der Waals surface area contributed by atoms with Crippen LogP contribution in [0.1, 0.15) is 37.9 Å². The normalized spacial score (nSPS) is 20.1. The second-order valence-corrected chi connectivity index (χ2v) is 6.41. The molecule has 2 rings (SSSR count). The fourth-order valence-corrected chi connectivity index (χ4v) is 2.79. The number of hydrogen-bond acceptors (Lipinski definition) is 2. The quantitative estimate of drug-likeness (QED) is 0.905. The van der Waals surface area contributed by atoms with Gasteiger partial charge in [0.25, 0.3) is 0 Å². The molecule has 1 N–H and O–H groups in total.